The lowest BCUT2D eigenvalue weighted by atomic mass is 10.1. The van der Waals surface area contributed by atoms with Crippen molar-refractivity contribution in [3.8, 4) is 6.07 Å². The van der Waals surface area contributed by atoms with Crippen LogP contribution in [0.5, 0.6) is 0 Å². The molecule has 1 unspecified atom stereocenters. The summed E-state index contributed by atoms with van der Waals surface area (Å²) >= 11 is 0. The predicted molar refractivity (Wildman–Crippen MR) is 72.2 cm³/mol. The van der Waals surface area contributed by atoms with E-state index in [4.69, 9.17) is 5.26 Å². The number of anilines is 1. The van der Waals surface area contributed by atoms with Crippen LogP contribution in [0, 0.1) is 17.1 Å². The zero-order valence-corrected chi connectivity index (χ0v) is 11.4. The van der Waals surface area contributed by atoms with Gasteiger partial charge in [0.15, 0.2) is 0 Å². The molecule has 18 heavy (non-hydrogen) atoms. The van der Waals surface area contributed by atoms with Crippen LogP contribution in [0.2, 0.25) is 0 Å². The molecular formula is C14H20FN3. The Bertz CT molecular complexity index is 437. The highest BCUT2D eigenvalue weighted by Gasteiger charge is 2.15. The minimum Gasteiger partial charge on any atom is -0.368 e. The molecule has 0 saturated heterocycles. The Kier molecular flexibility index (Phi) is 5.11. The van der Waals surface area contributed by atoms with Crippen LogP contribution in [0.3, 0.4) is 0 Å². The standard InChI is InChI=1S/C14H20FN3/c1-5-18(11(2)10-17(3)4)14-7-12(9-16)6-13(15)8-14/h6-8,11H,5,10H2,1-4H3. The molecule has 0 amide bonds. The monoisotopic (exact) mass is 249 g/mol. The summed E-state index contributed by atoms with van der Waals surface area (Å²) in [6, 6.07) is 6.73. The van der Waals surface area contributed by atoms with E-state index >= 15 is 0 Å². The molecule has 4 heteroatoms. The minimum absolute atomic E-state index is 0.262. The first-order valence-corrected chi connectivity index (χ1v) is 6.10. The average molecular weight is 249 g/mol. The topological polar surface area (TPSA) is 30.3 Å². The summed E-state index contributed by atoms with van der Waals surface area (Å²) in [5.41, 5.74) is 1.13. The summed E-state index contributed by atoms with van der Waals surface area (Å²) in [5.74, 6) is -0.362. The van der Waals surface area contributed by atoms with Crippen molar-refractivity contribution in [1.82, 2.24) is 4.90 Å². The smallest absolute Gasteiger partial charge is 0.126 e. The zero-order chi connectivity index (χ0) is 13.7. The van der Waals surface area contributed by atoms with E-state index in [1.165, 1.54) is 12.1 Å². The molecule has 1 aromatic rings. The third-order valence-electron chi connectivity index (χ3n) is 2.85. The summed E-state index contributed by atoms with van der Waals surface area (Å²) in [6.07, 6.45) is 0. The third-order valence-corrected chi connectivity index (χ3v) is 2.85. The van der Waals surface area contributed by atoms with E-state index in [1.807, 2.05) is 27.1 Å². The predicted octanol–water partition coefficient (Wildman–Crippen LogP) is 2.47. The lowest BCUT2D eigenvalue weighted by molar-refractivity contribution is 0.373. The number of hydrogen-bond donors (Lipinski definition) is 0. The van der Waals surface area contributed by atoms with Gasteiger partial charge in [-0.1, -0.05) is 0 Å². The molecule has 0 heterocycles. The maximum Gasteiger partial charge on any atom is 0.126 e. The second-order valence-corrected chi connectivity index (χ2v) is 4.71. The third kappa shape index (κ3) is 3.71. The van der Waals surface area contributed by atoms with Gasteiger partial charge in [0.05, 0.1) is 11.6 Å². The van der Waals surface area contributed by atoms with Crippen LogP contribution in [0.25, 0.3) is 0 Å². The summed E-state index contributed by atoms with van der Waals surface area (Å²) in [5, 5.41) is 8.88. The molecule has 0 aliphatic carbocycles. The van der Waals surface area contributed by atoms with Crippen LogP contribution in [0.15, 0.2) is 18.2 Å². The lowest BCUT2D eigenvalue weighted by Gasteiger charge is -2.32. The molecule has 1 rings (SSSR count). The summed E-state index contributed by atoms with van der Waals surface area (Å²) in [6.45, 7) is 5.79. The highest BCUT2D eigenvalue weighted by molar-refractivity contribution is 5.52. The van der Waals surface area contributed by atoms with Crippen molar-refractivity contribution in [3.63, 3.8) is 0 Å². The van der Waals surface area contributed by atoms with Gasteiger partial charge < -0.3 is 9.80 Å². The summed E-state index contributed by atoms with van der Waals surface area (Å²) in [4.78, 5) is 4.20. The van der Waals surface area contributed by atoms with Crippen molar-refractivity contribution >= 4 is 5.69 Å². The number of nitriles is 1. The van der Waals surface area contributed by atoms with E-state index < -0.39 is 0 Å². The molecule has 0 radical (unpaired) electrons. The molecule has 0 aliphatic heterocycles. The van der Waals surface area contributed by atoms with Crippen molar-refractivity contribution in [2.45, 2.75) is 19.9 Å². The number of nitrogens with zero attached hydrogens (tertiary/aromatic N) is 3. The van der Waals surface area contributed by atoms with Gasteiger partial charge in [0.2, 0.25) is 0 Å². The van der Waals surface area contributed by atoms with Crippen molar-refractivity contribution in [3.05, 3.63) is 29.6 Å². The van der Waals surface area contributed by atoms with Crippen LogP contribution < -0.4 is 4.90 Å². The first-order chi connectivity index (χ1) is 8.47. The Balaban J connectivity index is 3.01. The molecule has 0 spiro atoms. The highest BCUT2D eigenvalue weighted by Crippen LogP contribution is 2.20. The van der Waals surface area contributed by atoms with Gasteiger partial charge in [-0.15, -0.1) is 0 Å². The van der Waals surface area contributed by atoms with Crippen molar-refractivity contribution in [2.75, 3.05) is 32.1 Å². The van der Waals surface area contributed by atoms with Gasteiger partial charge >= 0.3 is 0 Å². The lowest BCUT2D eigenvalue weighted by Crippen LogP contribution is -2.40. The first-order valence-electron chi connectivity index (χ1n) is 6.10. The van der Waals surface area contributed by atoms with Gasteiger partial charge in [-0.05, 0) is 46.1 Å². The average Bonchev–Trinajstić information content (AvgIpc) is 2.28. The second kappa shape index (κ2) is 6.36. The van der Waals surface area contributed by atoms with Gasteiger partial charge in [0.25, 0.3) is 0 Å². The van der Waals surface area contributed by atoms with E-state index in [-0.39, 0.29) is 11.9 Å². The van der Waals surface area contributed by atoms with Gasteiger partial charge in [-0.2, -0.15) is 5.26 Å². The fourth-order valence-corrected chi connectivity index (χ4v) is 2.18. The van der Waals surface area contributed by atoms with Gasteiger partial charge in [-0.25, -0.2) is 4.39 Å². The van der Waals surface area contributed by atoms with Crippen molar-refractivity contribution in [1.29, 1.82) is 5.26 Å². The molecular weight excluding hydrogens is 229 g/mol. The van der Waals surface area contributed by atoms with Crippen LogP contribution in [0.1, 0.15) is 19.4 Å². The summed E-state index contributed by atoms with van der Waals surface area (Å²) in [7, 11) is 4.02. The second-order valence-electron chi connectivity index (χ2n) is 4.71. The SMILES string of the molecule is CCN(c1cc(F)cc(C#N)c1)C(C)CN(C)C. The Hall–Kier alpha value is -1.60. The number of halogens is 1. The highest BCUT2D eigenvalue weighted by atomic mass is 19.1. The first kappa shape index (κ1) is 14.5. The molecule has 3 nitrogen and oxygen atoms in total. The van der Waals surface area contributed by atoms with Crippen LogP contribution in [-0.2, 0) is 0 Å². The maximum absolute atomic E-state index is 13.4. The fourth-order valence-electron chi connectivity index (χ4n) is 2.18. The Morgan fingerprint density at radius 2 is 2.00 bits per heavy atom. The van der Waals surface area contributed by atoms with E-state index in [1.54, 1.807) is 6.07 Å². The fraction of sp³-hybridized carbons (Fsp3) is 0.500. The molecule has 0 bridgehead atoms. The van der Waals surface area contributed by atoms with Crippen molar-refractivity contribution < 1.29 is 4.39 Å². The number of hydrogen-bond acceptors (Lipinski definition) is 3. The van der Waals surface area contributed by atoms with Gasteiger partial charge in [0.1, 0.15) is 5.82 Å². The van der Waals surface area contributed by atoms with Crippen molar-refractivity contribution in [2.24, 2.45) is 0 Å². The normalized spacial score (nSPS) is 12.3. The van der Waals surface area contributed by atoms with Crippen LogP contribution in [-0.4, -0.2) is 38.1 Å². The molecule has 0 aliphatic rings. The summed E-state index contributed by atoms with van der Waals surface area (Å²) < 4.78 is 13.4. The maximum atomic E-state index is 13.4. The van der Waals surface area contributed by atoms with E-state index in [2.05, 4.69) is 16.7 Å². The Morgan fingerprint density at radius 3 is 2.50 bits per heavy atom. The number of likely N-dealkylation sites (N-methyl/N-ethyl adjacent to an activating group) is 2. The molecule has 0 saturated carbocycles. The molecule has 0 fully saturated rings. The zero-order valence-electron chi connectivity index (χ0n) is 11.4. The van der Waals surface area contributed by atoms with Crippen LogP contribution in [0.4, 0.5) is 10.1 Å². The minimum atomic E-state index is -0.362. The largest absolute Gasteiger partial charge is 0.368 e. The molecule has 0 aromatic heterocycles. The Labute approximate surface area is 108 Å². The van der Waals surface area contributed by atoms with E-state index in [0.29, 0.717) is 5.56 Å². The Morgan fingerprint density at radius 1 is 1.33 bits per heavy atom. The number of rotatable bonds is 5. The van der Waals surface area contributed by atoms with E-state index in [9.17, 15) is 4.39 Å². The van der Waals surface area contributed by atoms with Gasteiger partial charge in [-0.3, -0.25) is 0 Å². The van der Waals surface area contributed by atoms with Crippen LogP contribution >= 0.6 is 0 Å². The van der Waals surface area contributed by atoms with Gasteiger partial charge in [0, 0.05) is 24.8 Å². The molecule has 1 atom stereocenters. The quantitative estimate of drug-likeness (QED) is 0.803. The molecule has 1 aromatic carbocycles. The molecule has 98 valence electrons. The van der Waals surface area contributed by atoms with E-state index in [0.717, 1.165) is 18.8 Å². The molecule has 0 N–H and O–H groups in total. The number of benzene rings is 1.